The fourth-order valence-corrected chi connectivity index (χ4v) is 4.00. The minimum absolute atomic E-state index is 0.0801. The van der Waals surface area contributed by atoms with Gasteiger partial charge in [-0.15, -0.1) is 0 Å². The maximum absolute atomic E-state index is 11.5. The molecule has 1 amide bonds. The number of carbonyl (C=O) groups is 1. The maximum atomic E-state index is 11.5. The number of nitrogens with one attached hydrogen (secondary N) is 2. The number of rotatable bonds is 5. The molecule has 2 heterocycles. The molecule has 7 heteroatoms. The molecule has 18 heavy (non-hydrogen) atoms. The Balaban J connectivity index is 1.60. The van der Waals surface area contributed by atoms with Crippen LogP contribution >= 0.6 is 0 Å². The molecule has 2 atom stereocenters. The van der Waals surface area contributed by atoms with Crippen molar-refractivity contribution in [1.82, 2.24) is 10.6 Å². The molecule has 0 saturated carbocycles. The van der Waals surface area contributed by atoms with Crippen LogP contribution in [-0.2, 0) is 19.4 Å². The number of ether oxygens (including phenoxy) is 1. The van der Waals surface area contributed by atoms with Gasteiger partial charge in [0.05, 0.1) is 24.2 Å². The number of hydrogen-bond acceptors (Lipinski definition) is 5. The van der Waals surface area contributed by atoms with E-state index in [4.69, 9.17) is 4.74 Å². The Bertz CT molecular complexity index is 390. The van der Waals surface area contributed by atoms with E-state index in [0.717, 1.165) is 19.4 Å². The highest BCUT2D eigenvalue weighted by Crippen LogP contribution is 2.11. The minimum Gasteiger partial charge on any atom is -0.376 e. The summed E-state index contributed by atoms with van der Waals surface area (Å²) < 4.78 is 27.9. The van der Waals surface area contributed by atoms with Crippen molar-refractivity contribution in [3.63, 3.8) is 0 Å². The van der Waals surface area contributed by atoms with Gasteiger partial charge in [0.1, 0.15) is 0 Å². The topological polar surface area (TPSA) is 84.5 Å². The van der Waals surface area contributed by atoms with E-state index in [-0.39, 0.29) is 36.1 Å². The third-order valence-electron chi connectivity index (χ3n) is 3.33. The predicted molar refractivity (Wildman–Crippen MR) is 67.0 cm³/mol. The lowest BCUT2D eigenvalue weighted by atomic mass is 10.2. The number of hydrogen-bond donors (Lipinski definition) is 2. The van der Waals surface area contributed by atoms with E-state index in [1.54, 1.807) is 0 Å². The quantitative estimate of drug-likeness (QED) is 0.677. The van der Waals surface area contributed by atoms with E-state index in [1.165, 1.54) is 0 Å². The van der Waals surface area contributed by atoms with Crippen molar-refractivity contribution >= 4 is 15.7 Å². The molecule has 2 unspecified atom stereocenters. The van der Waals surface area contributed by atoms with Crippen LogP contribution < -0.4 is 10.6 Å². The lowest BCUT2D eigenvalue weighted by Crippen LogP contribution is -2.41. The Labute approximate surface area is 107 Å². The summed E-state index contributed by atoms with van der Waals surface area (Å²) >= 11 is 0. The molecule has 2 rings (SSSR count). The molecule has 2 N–H and O–H groups in total. The van der Waals surface area contributed by atoms with Gasteiger partial charge in [-0.2, -0.15) is 0 Å². The van der Waals surface area contributed by atoms with E-state index in [2.05, 4.69) is 10.6 Å². The third-order valence-corrected chi connectivity index (χ3v) is 5.10. The number of sulfone groups is 1. The summed E-state index contributed by atoms with van der Waals surface area (Å²) in [6, 6.07) is -0.0801. The first kappa shape index (κ1) is 13.8. The monoisotopic (exact) mass is 276 g/mol. The van der Waals surface area contributed by atoms with Crippen LogP contribution in [0, 0.1) is 0 Å². The van der Waals surface area contributed by atoms with Crippen molar-refractivity contribution in [1.29, 1.82) is 0 Å². The standard InChI is InChI=1S/C11H20N2O4S/c14-11(13-6-10-2-1-4-17-10)7-12-9-3-5-18(15,16)8-9/h9-10,12H,1-8H2,(H,13,14). The first-order valence-corrected chi connectivity index (χ1v) is 8.19. The van der Waals surface area contributed by atoms with E-state index in [0.29, 0.717) is 13.0 Å². The molecule has 2 aliphatic heterocycles. The Kier molecular flexibility index (Phi) is 4.58. The zero-order valence-electron chi connectivity index (χ0n) is 10.4. The average Bonchev–Trinajstić information content (AvgIpc) is 2.93. The number of carbonyl (C=O) groups excluding carboxylic acids is 1. The van der Waals surface area contributed by atoms with Gasteiger partial charge in [-0.25, -0.2) is 8.42 Å². The Morgan fingerprint density at radius 1 is 1.33 bits per heavy atom. The van der Waals surface area contributed by atoms with Crippen LogP contribution in [0.1, 0.15) is 19.3 Å². The predicted octanol–water partition coefficient (Wildman–Crippen LogP) is -0.942. The van der Waals surface area contributed by atoms with Gasteiger partial charge in [-0.1, -0.05) is 0 Å². The highest BCUT2D eigenvalue weighted by molar-refractivity contribution is 7.91. The van der Waals surface area contributed by atoms with E-state index < -0.39 is 9.84 Å². The van der Waals surface area contributed by atoms with Crippen molar-refractivity contribution in [3.05, 3.63) is 0 Å². The van der Waals surface area contributed by atoms with Crippen LogP contribution in [0.15, 0.2) is 0 Å². The Morgan fingerprint density at radius 2 is 2.17 bits per heavy atom. The molecule has 2 saturated heterocycles. The molecule has 0 aromatic rings. The van der Waals surface area contributed by atoms with Crippen LogP contribution in [0.25, 0.3) is 0 Å². The molecule has 0 bridgehead atoms. The van der Waals surface area contributed by atoms with Gasteiger partial charge in [-0.3, -0.25) is 4.79 Å². The second-order valence-electron chi connectivity index (χ2n) is 4.92. The molecule has 2 fully saturated rings. The summed E-state index contributed by atoms with van der Waals surface area (Å²) in [4.78, 5) is 11.5. The summed E-state index contributed by atoms with van der Waals surface area (Å²) in [5.74, 6) is 0.267. The van der Waals surface area contributed by atoms with Crippen molar-refractivity contribution in [2.75, 3.05) is 31.2 Å². The molecule has 0 aromatic carbocycles. The third kappa shape index (κ3) is 4.22. The van der Waals surface area contributed by atoms with Gasteiger partial charge in [0.2, 0.25) is 5.91 Å². The van der Waals surface area contributed by atoms with Crippen LogP contribution in [0.5, 0.6) is 0 Å². The van der Waals surface area contributed by atoms with Crippen LogP contribution in [0.4, 0.5) is 0 Å². The Hall–Kier alpha value is -0.660. The fourth-order valence-electron chi connectivity index (χ4n) is 2.29. The summed E-state index contributed by atoms with van der Waals surface area (Å²) in [5.41, 5.74) is 0. The molecule has 0 spiro atoms. The number of amides is 1. The second-order valence-corrected chi connectivity index (χ2v) is 7.15. The molecule has 0 aromatic heterocycles. The summed E-state index contributed by atoms with van der Waals surface area (Å²) in [6.45, 7) is 1.50. The molecule has 2 aliphatic rings. The van der Waals surface area contributed by atoms with E-state index in [9.17, 15) is 13.2 Å². The zero-order chi connectivity index (χ0) is 13.0. The van der Waals surface area contributed by atoms with E-state index in [1.807, 2.05) is 0 Å². The van der Waals surface area contributed by atoms with E-state index >= 15 is 0 Å². The highest BCUT2D eigenvalue weighted by Gasteiger charge is 2.27. The lowest BCUT2D eigenvalue weighted by Gasteiger charge is -2.13. The van der Waals surface area contributed by atoms with Crippen molar-refractivity contribution in [3.8, 4) is 0 Å². The lowest BCUT2D eigenvalue weighted by molar-refractivity contribution is -0.120. The largest absolute Gasteiger partial charge is 0.376 e. The molecule has 6 nitrogen and oxygen atoms in total. The first-order chi connectivity index (χ1) is 8.55. The molecule has 104 valence electrons. The van der Waals surface area contributed by atoms with Crippen LogP contribution in [-0.4, -0.2) is 57.7 Å². The maximum Gasteiger partial charge on any atom is 0.234 e. The summed E-state index contributed by atoms with van der Waals surface area (Å²) in [7, 11) is -2.88. The van der Waals surface area contributed by atoms with Gasteiger partial charge >= 0.3 is 0 Å². The van der Waals surface area contributed by atoms with Crippen molar-refractivity contribution in [2.24, 2.45) is 0 Å². The highest BCUT2D eigenvalue weighted by atomic mass is 32.2. The normalized spacial score (nSPS) is 30.4. The van der Waals surface area contributed by atoms with Crippen LogP contribution in [0.3, 0.4) is 0 Å². The second kappa shape index (κ2) is 5.99. The first-order valence-electron chi connectivity index (χ1n) is 6.37. The van der Waals surface area contributed by atoms with Gasteiger partial charge in [0, 0.05) is 19.2 Å². The van der Waals surface area contributed by atoms with Crippen molar-refractivity contribution < 1.29 is 17.9 Å². The minimum atomic E-state index is -2.88. The summed E-state index contributed by atoms with van der Waals surface area (Å²) in [6.07, 6.45) is 2.79. The molecule has 0 radical (unpaired) electrons. The Morgan fingerprint density at radius 3 is 2.78 bits per heavy atom. The molecule has 0 aliphatic carbocycles. The van der Waals surface area contributed by atoms with Gasteiger partial charge < -0.3 is 15.4 Å². The zero-order valence-corrected chi connectivity index (χ0v) is 11.2. The molecular formula is C11H20N2O4S. The smallest absolute Gasteiger partial charge is 0.234 e. The van der Waals surface area contributed by atoms with Gasteiger partial charge in [0.25, 0.3) is 0 Å². The van der Waals surface area contributed by atoms with Crippen molar-refractivity contribution in [2.45, 2.75) is 31.4 Å². The fraction of sp³-hybridized carbons (Fsp3) is 0.909. The van der Waals surface area contributed by atoms with Crippen LogP contribution in [0.2, 0.25) is 0 Å². The van der Waals surface area contributed by atoms with Gasteiger partial charge in [-0.05, 0) is 19.3 Å². The molecular weight excluding hydrogens is 256 g/mol. The SMILES string of the molecule is O=C(CNC1CCS(=O)(=O)C1)NCC1CCCO1. The summed E-state index contributed by atoms with van der Waals surface area (Å²) in [5, 5.41) is 5.77. The van der Waals surface area contributed by atoms with Gasteiger partial charge in [0.15, 0.2) is 9.84 Å². The average molecular weight is 276 g/mol.